The van der Waals surface area contributed by atoms with E-state index in [1.54, 1.807) is 31.4 Å². The van der Waals surface area contributed by atoms with Crippen LogP contribution in [0, 0.1) is 0 Å². The zero-order valence-electron chi connectivity index (χ0n) is 16.9. The van der Waals surface area contributed by atoms with Gasteiger partial charge in [-0.1, -0.05) is 35.9 Å². The molecule has 2 atom stereocenters. The Hall–Kier alpha value is -1.71. The molecule has 2 aromatic carbocycles. The van der Waals surface area contributed by atoms with E-state index >= 15 is 0 Å². The highest BCUT2D eigenvalue weighted by Gasteiger charge is 2.11. The van der Waals surface area contributed by atoms with E-state index in [1.165, 1.54) is 0 Å². The van der Waals surface area contributed by atoms with Gasteiger partial charge in [0.25, 0.3) is 0 Å². The molecule has 0 aliphatic carbocycles. The van der Waals surface area contributed by atoms with Crippen LogP contribution in [0.25, 0.3) is 0 Å². The number of ether oxygens (including phenoxy) is 2. The summed E-state index contributed by atoms with van der Waals surface area (Å²) in [6.45, 7) is 5.44. The smallest absolute Gasteiger partial charge is 0.191 e. The average Bonchev–Trinajstić information content (AvgIpc) is 2.70. The molecule has 2 aromatic rings. The summed E-state index contributed by atoms with van der Waals surface area (Å²) in [7, 11) is 1.62. The van der Waals surface area contributed by atoms with E-state index in [1.807, 2.05) is 38.1 Å². The van der Waals surface area contributed by atoms with Gasteiger partial charge in [-0.15, -0.1) is 24.0 Å². The lowest BCUT2D eigenvalue weighted by molar-refractivity contribution is 0.187. The van der Waals surface area contributed by atoms with Crippen LogP contribution < -0.4 is 20.1 Å². The molecule has 0 bridgehead atoms. The molecule has 6 nitrogen and oxygen atoms in total. The Morgan fingerprint density at radius 2 is 1.76 bits per heavy atom. The van der Waals surface area contributed by atoms with Crippen LogP contribution in [0.1, 0.15) is 25.5 Å². The lowest BCUT2D eigenvalue weighted by Crippen LogP contribution is -2.42. The molecule has 2 rings (SSSR count). The number of nitrogens with zero attached hydrogens (tertiary/aromatic N) is 1. The molecule has 0 aliphatic heterocycles. The number of halogens is 2. The van der Waals surface area contributed by atoms with Crippen LogP contribution >= 0.6 is 35.6 Å². The van der Waals surface area contributed by atoms with Crippen LogP contribution in [0.3, 0.4) is 0 Å². The van der Waals surface area contributed by atoms with Crippen LogP contribution in [0.15, 0.2) is 53.5 Å². The van der Waals surface area contributed by atoms with Crippen molar-refractivity contribution in [2.75, 3.05) is 26.7 Å². The fourth-order valence-corrected chi connectivity index (χ4v) is 2.65. The standard InChI is InChI=1S/C21H28ClN3O3.HI/c1-4-23-21(25-14-18(26)16-9-11-17(22)12-10-16)24-13-15(2)28-20-8-6-5-7-19(20)27-3;/h5-12,15,18,26H,4,13-14H2,1-3H3,(H2,23,24,25);1H. The van der Waals surface area contributed by atoms with E-state index in [-0.39, 0.29) is 36.6 Å². The SMILES string of the molecule is CCNC(=NCC(O)c1ccc(Cl)cc1)NCC(C)Oc1ccccc1OC.I. The van der Waals surface area contributed by atoms with Gasteiger partial charge in [-0.3, -0.25) is 4.99 Å². The van der Waals surface area contributed by atoms with Crippen molar-refractivity contribution < 1.29 is 14.6 Å². The molecular weight excluding hydrogens is 505 g/mol. The summed E-state index contributed by atoms with van der Waals surface area (Å²) in [6, 6.07) is 14.6. The zero-order chi connectivity index (χ0) is 20.4. The number of hydrogen-bond acceptors (Lipinski definition) is 4. The lowest BCUT2D eigenvalue weighted by atomic mass is 10.1. The third kappa shape index (κ3) is 8.67. The molecule has 0 spiro atoms. The summed E-state index contributed by atoms with van der Waals surface area (Å²) in [5.41, 5.74) is 0.775. The number of guanidine groups is 1. The van der Waals surface area contributed by atoms with Crippen LogP contribution in [0.4, 0.5) is 0 Å². The molecule has 0 heterocycles. The Labute approximate surface area is 194 Å². The van der Waals surface area contributed by atoms with Crippen molar-refractivity contribution in [2.24, 2.45) is 4.99 Å². The van der Waals surface area contributed by atoms with Crippen molar-refractivity contribution in [3.05, 3.63) is 59.1 Å². The maximum atomic E-state index is 10.3. The third-order valence-corrected chi connectivity index (χ3v) is 4.23. The highest BCUT2D eigenvalue weighted by Crippen LogP contribution is 2.26. The van der Waals surface area contributed by atoms with Crippen LogP contribution in [0.2, 0.25) is 5.02 Å². The van der Waals surface area contributed by atoms with Crippen molar-refractivity contribution in [2.45, 2.75) is 26.1 Å². The number of hydrogen-bond donors (Lipinski definition) is 3. The Kier molecular flexibility index (Phi) is 11.8. The second-order valence-corrected chi connectivity index (χ2v) is 6.68. The third-order valence-electron chi connectivity index (χ3n) is 3.98. The van der Waals surface area contributed by atoms with Gasteiger partial charge in [0, 0.05) is 11.6 Å². The van der Waals surface area contributed by atoms with Gasteiger partial charge in [0.1, 0.15) is 6.10 Å². The lowest BCUT2D eigenvalue weighted by Gasteiger charge is -2.19. The number of nitrogens with one attached hydrogen (secondary N) is 2. The number of aliphatic hydroxyl groups is 1. The van der Waals surface area contributed by atoms with Gasteiger partial charge < -0.3 is 25.2 Å². The number of benzene rings is 2. The van der Waals surface area contributed by atoms with Crippen molar-refractivity contribution in [1.29, 1.82) is 0 Å². The minimum Gasteiger partial charge on any atom is -0.493 e. The summed E-state index contributed by atoms with van der Waals surface area (Å²) in [6.07, 6.45) is -0.809. The first kappa shape index (κ1) is 25.3. The molecule has 0 radical (unpaired) electrons. The summed E-state index contributed by atoms with van der Waals surface area (Å²) < 4.78 is 11.2. The van der Waals surface area contributed by atoms with Crippen LogP contribution in [0.5, 0.6) is 11.5 Å². The number of para-hydroxylation sites is 2. The fraction of sp³-hybridized carbons (Fsp3) is 0.381. The fourth-order valence-electron chi connectivity index (χ4n) is 2.52. The molecule has 0 aromatic heterocycles. The van der Waals surface area contributed by atoms with Crippen LogP contribution in [-0.4, -0.2) is 43.9 Å². The Morgan fingerprint density at radius 3 is 2.38 bits per heavy atom. The second kappa shape index (κ2) is 13.5. The monoisotopic (exact) mass is 533 g/mol. The molecule has 160 valence electrons. The van der Waals surface area contributed by atoms with E-state index in [4.69, 9.17) is 21.1 Å². The maximum absolute atomic E-state index is 10.3. The molecule has 8 heteroatoms. The molecule has 0 amide bonds. The van der Waals surface area contributed by atoms with Gasteiger partial charge in [0.15, 0.2) is 17.5 Å². The molecule has 0 saturated carbocycles. The molecule has 0 fully saturated rings. The summed E-state index contributed by atoms with van der Waals surface area (Å²) in [5.74, 6) is 2.01. The minimum atomic E-state index is -0.699. The quantitative estimate of drug-likeness (QED) is 0.258. The topological polar surface area (TPSA) is 75.1 Å². The highest BCUT2D eigenvalue weighted by molar-refractivity contribution is 14.0. The van der Waals surface area contributed by atoms with Crippen molar-refractivity contribution in [3.63, 3.8) is 0 Å². The summed E-state index contributed by atoms with van der Waals surface area (Å²) >= 11 is 5.88. The predicted molar refractivity (Wildman–Crippen MR) is 129 cm³/mol. The summed E-state index contributed by atoms with van der Waals surface area (Å²) in [5, 5.41) is 17.4. The molecule has 0 aliphatic rings. The van der Waals surface area contributed by atoms with Gasteiger partial charge in [0.05, 0.1) is 26.3 Å². The molecule has 29 heavy (non-hydrogen) atoms. The average molecular weight is 534 g/mol. The van der Waals surface area contributed by atoms with E-state index in [0.717, 1.165) is 5.56 Å². The van der Waals surface area contributed by atoms with Crippen molar-refractivity contribution in [1.82, 2.24) is 10.6 Å². The van der Waals surface area contributed by atoms with Crippen molar-refractivity contribution >= 4 is 41.5 Å². The Bertz CT molecular complexity index is 759. The van der Waals surface area contributed by atoms with Gasteiger partial charge in [0.2, 0.25) is 0 Å². The van der Waals surface area contributed by atoms with Gasteiger partial charge in [-0.2, -0.15) is 0 Å². The molecule has 0 saturated heterocycles. The Balaban J connectivity index is 0.00000420. The number of aliphatic imine (C=N–C) groups is 1. The van der Waals surface area contributed by atoms with Crippen molar-refractivity contribution in [3.8, 4) is 11.5 Å². The highest BCUT2D eigenvalue weighted by atomic mass is 127. The first-order chi connectivity index (χ1) is 13.5. The first-order valence-electron chi connectivity index (χ1n) is 9.28. The first-order valence-corrected chi connectivity index (χ1v) is 9.66. The molecule has 2 unspecified atom stereocenters. The summed E-state index contributed by atoms with van der Waals surface area (Å²) in [4.78, 5) is 4.46. The van der Waals surface area contributed by atoms with Gasteiger partial charge in [-0.25, -0.2) is 0 Å². The number of rotatable bonds is 9. The zero-order valence-corrected chi connectivity index (χ0v) is 20.0. The Morgan fingerprint density at radius 1 is 1.10 bits per heavy atom. The maximum Gasteiger partial charge on any atom is 0.191 e. The predicted octanol–water partition coefficient (Wildman–Crippen LogP) is 4.02. The molecule has 3 N–H and O–H groups in total. The second-order valence-electron chi connectivity index (χ2n) is 6.25. The van der Waals surface area contributed by atoms with Gasteiger partial charge in [-0.05, 0) is 43.7 Å². The number of methoxy groups -OCH3 is 1. The van der Waals surface area contributed by atoms with E-state index in [9.17, 15) is 5.11 Å². The van der Waals surface area contributed by atoms with Gasteiger partial charge >= 0.3 is 0 Å². The van der Waals surface area contributed by atoms with E-state index in [2.05, 4.69) is 15.6 Å². The van der Waals surface area contributed by atoms with E-state index < -0.39 is 6.10 Å². The molecular formula is C21H29ClIN3O3. The van der Waals surface area contributed by atoms with Crippen LogP contribution in [-0.2, 0) is 0 Å². The number of aliphatic hydroxyl groups excluding tert-OH is 1. The largest absolute Gasteiger partial charge is 0.493 e. The minimum absolute atomic E-state index is 0. The normalized spacial score (nSPS) is 13.1. The van der Waals surface area contributed by atoms with E-state index in [0.29, 0.717) is 35.6 Å².